The van der Waals surface area contributed by atoms with Gasteiger partial charge in [0.05, 0.1) is 6.33 Å². The number of ether oxygens (including phenoxy) is 1. The van der Waals surface area contributed by atoms with Crippen LogP contribution >= 0.6 is 0 Å². The first kappa shape index (κ1) is 17.5. The highest BCUT2D eigenvalue weighted by molar-refractivity contribution is 5.81. The second-order valence-electron chi connectivity index (χ2n) is 5.34. The van der Waals surface area contributed by atoms with Gasteiger partial charge in [0.1, 0.15) is 6.61 Å². The maximum absolute atomic E-state index is 12.2. The van der Waals surface area contributed by atoms with Gasteiger partial charge in [-0.1, -0.05) is 24.3 Å². The number of aromatic nitrogens is 4. The summed E-state index contributed by atoms with van der Waals surface area (Å²) in [5.74, 6) is -1.52. The number of aromatic amines is 2. The first-order valence-corrected chi connectivity index (χ1v) is 7.40. The van der Waals surface area contributed by atoms with Gasteiger partial charge in [0, 0.05) is 6.54 Å². The van der Waals surface area contributed by atoms with Gasteiger partial charge in [0.15, 0.2) is 5.52 Å². The molecule has 2 aromatic heterocycles. The highest BCUT2D eigenvalue weighted by Crippen LogP contribution is 2.18. The van der Waals surface area contributed by atoms with Gasteiger partial charge >= 0.3 is 18.0 Å². The molecule has 1 amide bonds. The van der Waals surface area contributed by atoms with E-state index in [1.54, 1.807) is 24.3 Å². The molecule has 8 nitrogen and oxygen atoms in total. The minimum atomic E-state index is -4.91. The van der Waals surface area contributed by atoms with E-state index in [9.17, 15) is 18.0 Å². The van der Waals surface area contributed by atoms with Crippen molar-refractivity contribution in [3.8, 4) is 5.88 Å². The number of amides is 1. The molecule has 26 heavy (non-hydrogen) atoms. The number of hydrogen-bond donors (Lipinski definition) is 3. The van der Waals surface area contributed by atoms with E-state index in [4.69, 9.17) is 10.5 Å². The van der Waals surface area contributed by atoms with Crippen molar-refractivity contribution in [1.29, 1.82) is 0 Å². The third-order valence-corrected chi connectivity index (χ3v) is 3.40. The van der Waals surface area contributed by atoms with E-state index in [1.165, 1.54) is 6.33 Å². The molecule has 0 aliphatic rings. The number of halogens is 3. The Hall–Kier alpha value is -3.37. The zero-order valence-corrected chi connectivity index (χ0v) is 13.2. The summed E-state index contributed by atoms with van der Waals surface area (Å²) in [6.07, 6.45) is -3.46. The van der Waals surface area contributed by atoms with Crippen molar-refractivity contribution in [2.45, 2.75) is 19.3 Å². The minimum Gasteiger partial charge on any atom is -0.461 e. The van der Waals surface area contributed by atoms with Crippen LogP contribution in [0.2, 0.25) is 0 Å². The summed E-state index contributed by atoms with van der Waals surface area (Å²) >= 11 is 0. The van der Waals surface area contributed by atoms with Crippen LogP contribution in [0.15, 0.2) is 30.6 Å². The number of nitrogen functional groups attached to an aromatic ring is 1. The van der Waals surface area contributed by atoms with Crippen LogP contribution in [0.1, 0.15) is 11.1 Å². The molecular weight excluding hydrogens is 353 g/mol. The highest BCUT2D eigenvalue weighted by atomic mass is 19.4. The van der Waals surface area contributed by atoms with Crippen LogP contribution in [0.3, 0.4) is 0 Å². The van der Waals surface area contributed by atoms with Crippen LogP contribution in [0, 0.1) is 0 Å². The van der Waals surface area contributed by atoms with Crippen LogP contribution in [-0.2, 0) is 17.9 Å². The van der Waals surface area contributed by atoms with Gasteiger partial charge in [-0.05, 0) is 16.1 Å². The lowest BCUT2D eigenvalue weighted by Crippen LogP contribution is -2.36. The van der Waals surface area contributed by atoms with E-state index in [1.807, 2.05) is 5.32 Å². The smallest absolute Gasteiger partial charge is 0.461 e. The number of imidazole rings is 1. The van der Waals surface area contributed by atoms with Gasteiger partial charge in [-0.2, -0.15) is 13.2 Å². The molecule has 0 atom stereocenters. The lowest BCUT2D eigenvalue weighted by molar-refractivity contribution is -0.380. The Bertz CT molecular complexity index is 941. The van der Waals surface area contributed by atoms with Crippen LogP contribution in [0.4, 0.5) is 19.1 Å². The fourth-order valence-electron chi connectivity index (χ4n) is 2.24. The number of carbonyl (C=O) groups excluding carboxylic acids is 1. The lowest BCUT2D eigenvalue weighted by Gasteiger charge is -2.09. The van der Waals surface area contributed by atoms with Crippen molar-refractivity contribution in [2.75, 3.05) is 5.73 Å². The molecule has 1 aromatic carbocycles. The van der Waals surface area contributed by atoms with E-state index in [0.717, 1.165) is 0 Å². The van der Waals surface area contributed by atoms with Crippen molar-refractivity contribution < 1.29 is 27.7 Å². The number of carbonyl (C=O) groups is 1. The van der Waals surface area contributed by atoms with Gasteiger partial charge in [-0.15, -0.1) is 0 Å². The van der Waals surface area contributed by atoms with E-state index in [2.05, 4.69) is 19.9 Å². The third kappa shape index (κ3) is 3.99. The molecule has 3 rings (SSSR count). The number of benzene rings is 1. The molecule has 136 valence electrons. The monoisotopic (exact) mass is 367 g/mol. The van der Waals surface area contributed by atoms with Crippen molar-refractivity contribution in [3.05, 3.63) is 41.7 Å². The molecular formula is C15H14F3N6O2+. The number of fused-ring (bicyclic) bond motifs is 1. The largest absolute Gasteiger partial charge is 0.471 e. The average molecular weight is 367 g/mol. The SMILES string of the molecule is Nc1nc2nc[nH]c2c(OCc2cccc(CNC(=O)C(F)(F)F)c2)[nH+]1. The Morgan fingerprint density at radius 1 is 1.35 bits per heavy atom. The quantitative estimate of drug-likeness (QED) is 0.624. The number of alkyl halides is 3. The normalized spacial score (nSPS) is 11.5. The standard InChI is InChI=1S/C15H13F3N6O2/c16-15(17,18)13(25)20-5-8-2-1-3-9(4-8)6-26-12-10-11(22-7-21-10)23-14(19)24-12/h1-4,7H,5-6H2,(H,20,25)(H3,19,21,22,23,24)/p+1. The molecule has 0 aliphatic carbocycles. The molecule has 0 spiro atoms. The Labute approximate surface area is 144 Å². The summed E-state index contributed by atoms with van der Waals surface area (Å²) in [7, 11) is 0. The molecule has 3 aromatic rings. The molecule has 0 saturated carbocycles. The number of nitrogens with one attached hydrogen (secondary N) is 3. The van der Waals surface area contributed by atoms with Crippen LogP contribution in [0.25, 0.3) is 11.2 Å². The number of anilines is 1. The Morgan fingerprint density at radius 2 is 2.12 bits per heavy atom. The predicted octanol–water partition coefficient (Wildman–Crippen LogP) is 1.11. The highest BCUT2D eigenvalue weighted by Gasteiger charge is 2.38. The van der Waals surface area contributed by atoms with Crippen LogP contribution in [0.5, 0.6) is 5.88 Å². The summed E-state index contributed by atoms with van der Waals surface area (Å²) in [5, 5.41) is 1.82. The molecule has 0 fully saturated rings. The molecule has 0 saturated heterocycles. The first-order chi connectivity index (χ1) is 12.3. The maximum Gasteiger partial charge on any atom is 0.471 e. The molecule has 0 unspecified atom stereocenters. The van der Waals surface area contributed by atoms with Gasteiger partial charge in [-0.3, -0.25) is 10.5 Å². The van der Waals surface area contributed by atoms with E-state index >= 15 is 0 Å². The van der Waals surface area contributed by atoms with Gasteiger partial charge in [0.2, 0.25) is 0 Å². The molecule has 11 heteroatoms. The molecule has 2 heterocycles. The summed E-state index contributed by atoms with van der Waals surface area (Å²) in [5.41, 5.74) is 7.77. The van der Waals surface area contributed by atoms with Crippen molar-refractivity contribution >= 4 is 23.0 Å². The zero-order valence-electron chi connectivity index (χ0n) is 13.2. The summed E-state index contributed by atoms with van der Waals surface area (Å²) in [6.45, 7) is -0.125. The zero-order chi connectivity index (χ0) is 18.7. The van der Waals surface area contributed by atoms with E-state index in [0.29, 0.717) is 28.2 Å². The fraction of sp³-hybridized carbons (Fsp3) is 0.200. The van der Waals surface area contributed by atoms with Crippen molar-refractivity contribution in [2.24, 2.45) is 0 Å². The van der Waals surface area contributed by atoms with E-state index in [-0.39, 0.29) is 19.1 Å². The molecule has 0 bridgehead atoms. The Morgan fingerprint density at radius 3 is 2.88 bits per heavy atom. The Kier molecular flexibility index (Phi) is 4.61. The molecule has 5 N–H and O–H groups in total. The average Bonchev–Trinajstić information content (AvgIpc) is 3.05. The van der Waals surface area contributed by atoms with Crippen molar-refractivity contribution in [3.63, 3.8) is 0 Å². The van der Waals surface area contributed by atoms with E-state index < -0.39 is 12.1 Å². The number of H-pyrrole nitrogens is 2. The Balaban J connectivity index is 1.67. The van der Waals surface area contributed by atoms with Gasteiger partial charge in [-0.25, -0.2) is 9.97 Å². The van der Waals surface area contributed by atoms with Crippen LogP contribution < -0.4 is 20.8 Å². The molecule has 0 aliphatic heterocycles. The van der Waals surface area contributed by atoms with Crippen molar-refractivity contribution in [1.82, 2.24) is 20.3 Å². The first-order valence-electron chi connectivity index (χ1n) is 7.40. The summed E-state index contributed by atoms with van der Waals surface area (Å²) in [6, 6.07) is 6.63. The topological polar surface area (TPSA) is 120 Å². The summed E-state index contributed by atoms with van der Waals surface area (Å²) in [4.78, 5) is 24.5. The van der Waals surface area contributed by atoms with Gasteiger partial charge in [0.25, 0.3) is 11.5 Å². The van der Waals surface area contributed by atoms with Gasteiger partial charge < -0.3 is 15.0 Å². The third-order valence-electron chi connectivity index (χ3n) is 3.40. The molecule has 0 radical (unpaired) electrons. The second-order valence-corrected chi connectivity index (χ2v) is 5.34. The maximum atomic E-state index is 12.2. The number of hydrogen-bond acceptors (Lipinski definition) is 5. The lowest BCUT2D eigenvalue weighted by atomic mass is 10.1. The number of nitrogens with two attached hydrogens (primary N) is 1. The summed E-state index contributed by atoms with van der Waals surface area (Å²) < 4.78 is 42.3. The predicted molar refractivity (Wildman–Crippen MR) is 83.5 cm³/mol. The second kappa shape index (κ2) is 6.86. The number of rotatable bonds is 5. The minimum absolute atomic E-state index is 0.120. The number of nitrogens with zero attached hydrogens (tertiary/aromatic N) is 2. The van der Waals surface area contributed by atoms with Crippen LogP contribution in [-0.4, -0.2) is 27.0 Å². The fourth-order valence-corrected chi connectivity index (χ4v) is 2.24.